The van der Waals surface area contributed by atoms with Gasteiger partial charge in [-0.1, -0.05) is 0 Å². The molecule has 2 rings (SSSR count). The zero-order valence-electron chi connectivity index (χ0n) is 10.4. The van der Waals surface area contributed by atoms with Gasteiger partial charge in [-0.2, -0.15) is 37.9 Å². The van der Waals surface area contributed by atoms with Crippen molar-refractivity contribution in [3.63, 3.8) is 0 Å². The monoisotopic (exact) mass is 323 g/mol. The number of halogens is 4. The Hall–Kier alpha value is -2.01. The van der Waals surface area contributed by atoms with E-state index in [1.165, 1.54) is 17.3 Å². The van der Waals surface area contributed by atoms with Crippen LogP contribution in [0.25, 0.3) is 5.95 Å². The average molecular weight is 324 g/mol. The standard InChI is InChI=1S/C9H9ClF3N7O/c10-6-17-7(15-1-2-21-3-9(11,12)13)19-8(18-6)20-5-14-4-16-20/h4-5H,1-3H2,(H,15,17,18,19). The van der Waals surface area contributed by atoms with Crippen LogP contribution in [0, 0.1) is 0 Å². The lowest BCUT2D eigenvalue weighted by Crippen LogP contribution is -2.20. The van der Waals surface area contributed by atoms with Gasteiger partial charge in [0.15, 0.2) is 0 Å². The van der Waals surface area contributed by atoms with Gasteiger partial charge in [0.25, 0.3) is 5.95 Å². The predicted molar refractivity (Wildman–Crippen MR) is 65.1 cm³/mol. The van der Waals surface area contributed by atoms with Crippen LogP contribution >= 0.6 is 11.6 Å². The van der Waals surface area contributed by atoms with Crippen LogP contribution in [0.3, 0.4) is 0 Å². The third-order valence-electron chi connectivity index (χ3n) is 2.02. The highest BCUT2D eigenvalue weighted by Crippen LogP contribution is 2.14. The zero-order chi connectivity index (χ0) is 15.3. The van der Waals surface area contributed by atoms with Gasteiger partial charge in [0, 0.05) is 6.54 Å². The molecule has 0 radical (unpaired) electrons. The maximum atomic E-state index is 11.9. The number of aromatic nitrogens is 6. The topological polar surface area (TPSA) is 90.6 Å². The Kier molecular flexibility index (Phi) is 4.85. The van der Waals surface area contributed by atoms with Gasteiger partial charge in [-0.25, -0.2) is 4.98 Å². The number of hydrogen-bond donors (Lipinski definition) is 1. The molecule has 8 nitrogen and oxygen atoms in total. The first-order valence-corrected chi connectivity index (χ1v) is 5.97. The molecule has 0 aliphatic carbocycles. The molecule has 0 spiro atoms. The van der Waals surface area contributed by atoms with E-state index >= 15 is 0 Å². The molecule has 1 N–H and O–H groups in total. The van der Waals surface area contributed by atoms with Gasteiger partial charge in [-0.05, 0) is 11.6 Å². The van der Waals surface area contributed by atoms with Gasteiger partial charge < -0.3 is 10.1 Å². The maximum absolute atomic E-state index is 11.9. The predicted octanol–water partition coefficient (Wildman–Crippen LogP) is 1.10. The highest BCUT2D eigenvalue weighted by atomic mass is 35.5. The number of anilines is 1. The van der Waals surface area contributed by atoms with Gasteiger partial charge in [-0.3, -0.25) is 0 Å². The van der Waals surface area contributed by atoms with Gasteiger partial charge in [-0.15, -0.1) is 0 Å². The van der Waals surface area contributed by atoms with Crippen LogP contribution in [-0.4, -0.2) is 55.7 Å². The fourth-order valence-electron chi connectivity index (χ4n) is 1.26. The van der Waals surface area contributed by atoms with Gasteiger partial charge in [0.1, 0.15) is 19.3 Å². The second-order valence-electron chi connectivity index (χ2n) is 3.66. The fraction of sp³-hybridized carbons (Fsp3) is 0.444. The van der Waals surface area contributed by atoms with Gasteiger partial charge in [0.05, 0.1) is 6.61 Å². The van der Waals surface area contributed by atoms with Gasteiger partial charge in [0.2, 0.25) is 11.2 Å². The molecule has 0 saturated heterocycles. The summed E-state index contributed by atoms with van der Waals surface area (Å²) in [4.78, 5) is 15.3. The summed E-state index contributed by atoms with van der Waals surface area (Å²) in [6, 6.07) is 0. The minimum absolute atomic E-state index is 0.0766. The van der Waals surface area contributed by atoms with Crippen molar-refractivity contribution in [2.45, 2.75) is 6.18 Å². The largest absolute Gasteiger partial charge is 0.411 e. The summed E-state index contributed by atoms with van der Waals surface area (Å²) >= 11 is 5.72. The molecule has 2 aromatic heterocycles. The molecule has 0 bridgehead atoms. The van der Waals surface area contributed by atoms with E-state index in [4.69, 9.17) is 11.6 Å². The van der Waals surface area contributed by atoms with Crippen LogP contribution in [0.1, 0.15) is 0 Å². The van der Waals surface area contributed by atoms with E-state index in [1.807, 2.05) is 0 Å². The second-order valence-corrected chi connectivity index (χ2v) is 4.00. The first-order valence-electron chi connectivity index (χ1n) is 5.59. The van der Waals surface area contributed by atoms with E-state index in [0.29, 0.717) is 0 Å². The molecular weight excluding hydrogens is 315 g/mol. The first-order chi connectivity index (χ1) is 9.94. The van der Waals surface area contributed by atoms with Crippen LogP contribution in [0.4, 0.5) is 19.1 Å². The average Bonchev–Trinajstić information content (AvgIpc) is 2.90. The van der Waals surface area contributed by atoms with Crippen molar-refractivity contribution < 1.29 is 17.9 Å². The highest BCUT2D eigenvalue weighted by Gasteiger charge is 2.27. The molecule has 0 atom stereocenters. The van der Waals surface area contributed by atoms with Gasteiger partial charge >= 0.3 is 6.18 Å². The van der Waals surface area contributed by atoms with E-state index in [1.54, 1.807) is 0 Å². The molecule has 2 heterocycles. The Morgan fingerprint density at radius 1 is 1.29 bits per heavy atom. The number of nitrogens with zero attached hydrogens (tertiary/aromatic N) is 6. The van der Waals surface area contributed by atoms with E-state index in [9.17, 15) is 13.2 Å². The fourth-order valence-corrected chi connectivity index (χ4v) is 1.41. The summed E-state index contributed by atoms with van der Waals surface area (Å²) in [7, 11) is 0. The molecule has 0 fully saturated rings. The van der Waals surface area contributed by atoms with Crippen molar-refractivity contribution in [3.05, 3.63) is 17.9 Å². The molecule has 0 unspecified atom stereocenters. The first kappa shape index (κ1) is 15.4. The quantitative estimate of drug-likeness (QED) is 0.796. The summed E-state index contributed by atoms with van der Waals surface area (Å²) in [6.07, 6.45) is -1.70. The zero-order valence-corrected chi connectivity index (χ0v) is 11.1. The summed E-state index contributed by atoms with van der Waals surface area (Å²) < 4.78 is 41.3. The van der Waals surface area contributed by atoms with Crippen LogP contribution in [0.5, 0.6) is 0 Å². The van der Waals surface area contributed by atoms with E-state index in [2.05, 4.69) is 35.1 Å². The molecule has 0 saturated carbocycles. The normalized spacial score (nSPS) is 11.6. The number of alkyl halides is 3. The summed E-state index contributed by atoms with van der Waals surface area (Å²) in [5.41, 5.74) is 0. The van der Waals surface area contributed by atoms with Crippen molar-refractivity contribution >= 4 is 17.5 Å². The second kappa shape index (κ2) is 6.63. The number of nitrogens with one attached hydrogen (secondary N) is 1. The number of rotatable bonds is 6. The Morgan fingerprint density at radius 3 is 2.76 bits per heavy atom. The lowest BCUT2D eigenvalue weighted by atomic mass is 10.6. The van der Waals surface area contributed by atoms with Crippen LogP contribution in [0.2, 0.25) is 5.28 Å². The lowest BCUT2D eigenvalue weighted by molar-refractivity contribution is -0.172. The molecule has 0 aliphatic rings. The Balaban J connectivity index is 1.89. The molecular formula is C9H9ClF3N7O. The van der Waals surface area contributed by atoms with E-state index in [-0.39, 0.29) is 30.3 Å². The number of ether oxygens (including phenoxy) is 1. The van der Waals surface area contributed by atoms with Crippen LogP contribution < -0.4 is 5.32 Å². The Morgan fingerprint density at radius 2 is 2.10 bits per heavy atom. The summed E-state index contributed by atoms with van der Waals surface area (Å²) in [6.45, 7) is -1.40. The minimum Gasteiger partial charge on any atom is -0.370 e. The van der Waals surface area contributed by atoms with Crippen molar-refractivity contribution in [1.29, 1.82) is 0 Å². The van der Waals surface area contributed by atoms with E-state index < -0.39 is 12.8 Å². The third-order valence-corrected chi connectivity index (χ3v) is 2.18. The molecule has 0 aliphatic heterocycles. The van der Waals surface area contributed by atoms with Crippen molar-refractivity contribution in [2.24, 2.45) is 0 Å². The maximum Gasteiger partial charge on any atom is 0.411 e. The van der Waals surface area contributed by atoms with Crippen molar-refractivity contribution in [2.75, 3.05) is 25.1 Å². The van der Waals surface area contributed by atoms with Crippen LogP contribution in [-0.2, 0) is 4.74 Å². The van der Waals surface area contributed by atoms with Crippen molar-refractivity contribution in [3.8, 4) is 5.95 Å². The van der Waals surface area contributed by atoms with Crippen molar-refractivity contribution in [1.82, 2.24) is 29.7 Å². The molecule has 2 aromatic rings. The van der Waals surface area contributed by atoms with E-state index in [0.717, 1.165) is 0 Å². The molecule has 12 heteroatoms. The molecule has 114 valence electrons. The third kappa shape index (κ3) is 5.11. The highest BCUT2D eigenvalue weighted by molar-refractivity contribution is 6.28. The molecule has 0 amide bonds. The lowest BCUT2D eigenvalue weighted by Gasteiger charge is -2.09. The Bertz CT molecular complexity index is 577. The minimum atomic E-state index is -4.35. The summed E-state index contributed by atoms with van der Waals surface area (Å²) in [5, 5.41) is 6.41. The Labute approximate surface area is 121 Å². The smallest absolute Gasteiger partial charge is 0.370 e. The molecule has 0 aromatic carbocycles. The SMILES string of the molecule is FC(F)(F)COCCNc1nc(Cl)nc(-n2cncn2)n1. The molecule has 21 heavy (non-hydrogen) atoms. The summed E-state index contributed by atoms with van der Waals surface area (Å²) in [5.74, 6) is 0.224. The number of hydrogen-bond acceptors (Lipinski definition) is 7. The van der Waals surface area contributed by atoms with Crippen LogP contribution in [0.15, 0.2) is 12.7 Å².